The molecule has 0 fully saturated rings. The quantitative estimate of drug-likeness (QED) is 0.492. The van der Waals surface area contributed by atoms with Crippen molar-refractivity contribution in [3.8, 4) is 0 Å². The van der Waals surface area contributed by atoms with Gasteiger partial charge in [0, 0.05) is 5.56 Å². The molecule has 1 aromatic rings. The first kappa shape index (κ1) is 13.6. The summed E-state index contributed by atoms with van der Waals surface area (Å²) in [5, 5.41) is 18.5. The summed E-state index contributed by atoms with van der Waals surface area (Å²) in [5.41, 5.74) is 4.86. The molecule has 94 valence electrons. The van der Waals surface area contributed by atoms with Crippen LogP contribution in [0.15, 0.2) is 24.3 Å². The zero-order valence-corrected chi connectivity index (χ0v) is 9.72. The number of rotatable bonds is 5. The molecule has 0 aliphatic rings. The molecule has 0 saturated heterocycles. The summed E-state index contributed by atoms with van der Waals surface area (Å²) in [6, 6.07) is 6.48. The number of carbonyl (C=O) groups excluding carboxylic acids is 1. The number of carbonyl (C=O) groups is 1. The summed E-state index contributed by atoms with van der Waals surface area (Å²) in [7, 11) is 0. The summed E-state index contributed by atoms with van der Waals surface area (Å²) < 4.78 is 4.81. The first-order valence-electron chi connectivity index (χ1n) is 5.36. The van der Waals surface area contributed by atoms with Gasteiger partial charge in [-0.15, -0.1) is 0 Å². The molecule has 5 heteroatoms. The van der Waals surface area contributed by atoms with Gasteiger partial charge in [0.15, 0.2) is 5.72 Å². The van der Waals surface area contributed by atoms with Crippen molar-refractivity contribution in [1.82, 2.24) is 0 Å². The lowest BCUT2D eigenvalue weighted by molar-refractivity contribution is -0.142. The molecule has 4 N–H and O–H groups in total. The van der Waals surface area contributed by atoms with E-state index in [-0.39, 0.29) is 12.4 Å². The monoisotopic (exact) mass is 239 g/mol. The second-order valence-corrected chi connectivity index (χ2v) is 3.76. The van der Waals surface area contributed by atoms with Crippen LogP contribution in [0.1, 0.15) is 18.1 Å². The third-order valence-corrected chi connectivity index (χ3v) is 2.35. The molecule has 0 spiro atoms. The number of hydrogen-bond acceptors (Lipinski definition) is 5. The fourth-order valence-corrected chi connectivity index (χ4v) is 1.38. The van der Waals surface area contributed by atoms with E-state index in [1.807, 2.05) is 0 Å². The van der Waals surface area contributed by atoms with E-state index >= 15 is 0 Å². The van der Waals surface area contributed by atoms with Gasteiger partial charge >= 0.3 is 5.97 Å². The van der Waals surface area contributed by atoms with Crippen LogP contribution < -0.4 is 5.73 Å². The number of ether oxygens (including phenoxy) is 1. The molecular weight excluding hydrogens is 222 g/mol. The third-order valence-electron chi connectivity index (χ3n) is 2.35. The van der Waals surface area contributed by atoms with Crippen molar-refractivity contribution >= 4 is 5.97 Å². The lowest BCUT2D eigenvalue weighted by Gasteiger charge is -2.20. The van der Waals surface area contributed by atoms with E-state index in [0.717, 1.165) is 5.56 Å². The molecule has 0 aliphatic heterocycles. The Morgan fingerprint density at radius 3 is 2.47 bits per heavy atom. The maximum absolute atomic E-state index is 11.2. The van der Waals surface area contributed by atoms with Gasteiger partial charge in [-0.1, -0.05) is 24.3 Å². The number of hydrogen-bond donors (Lipinski definition) is 3. The average Bonchev–Trinajstić information content (AvgIpc) is 2.30. The van der Waals surface area contributed by atoms with E-state index in [1.165, 1.54) is 0 Å². The molecule has 1 unspecified atom stereocenters. The van der Waals surface area contributed by atoms with Crippen molar-refractivity contribution < 1.29 is 19.7 Å². The molecule has 0 amide bonds. The zero-order chi connectivity index (χ0) is 12.9. The summed E-state index contributed by atoms with van der Waals surface area (Å²) in [4.78, 5) is 11.2. The SMILES string of the molecule is CCOC(=O)Cc1ccc(C(N)(O)CO)cc1. The number of esters is 1. The minimum Gasteiger partial charge on any atom is -0.466 e. The highest BCUT2D eigenvalue weighted by atomic mass is 16.5. The van der Waals surface area contributed by atoms with Gasteiger partial charge in [-0.2, -0.15) is 0 Å². The fraction of sp³-hybridized carbons (Fsp3) is 0.417. The van der Waals surface area contributed by atoms with Gasteiger partial charge in [0.05, 0.1) is 19.6 Å². The summed E-state index contributed by atoms with van der Waals surface area (Å²) in [5.74, 6) is -0.301. The molecule has 0 bridgehead atoms. The van der Waals surface area contributed by atoms with Crippen LogP contribution in [-0.4, -0.2) is 29.4 Å². The first-order valence-corrected chi connectivity index (χ1v) is 5.36. The molecule has 0 saturated carbocycles. The third kappa shape index (κ3) is 3.81. The second-order valence-electron chi connectivity index (χ2n) is 3.76. The van der Waals surface area contributed by atoms with Crippen LogP contribution in [-0.2, 0) is 21.7 Å². The second kappa shape index (κ2) is 5.77. The Hall–Kier alpha value is -1.43. The standard InChI is InChI=1S/C12H17NO4/c1-2-17-11(15)7-9-3-5-10(6-4-9)12(13,16)8-14/h3-6,14,16H,2,7-8,13H2,1H3. The van der Waals surface area contributed by atoms with E-state index < -0.39 is 12.3 Å². The van der Waals surface area contributed by atoms with Gasteiger partial charge in [-0.25, -0.2) is 0 Å². The molecule has 0 aromatic heterocycles. The number of aliphatic hydroxyl groups excluding tert-OH is 1. The minimum absolute atomic E-state index is 0.177. The molecule has 1 atom stereocenters. The van der Waals surface area contributed by atoms with Crippen molar-refractivity contribution in [3.63, 3.8) is 0 Å². The van der Waals surface area contributed by atoms with Crippen molar-refractivity contribution in [1.29, 1.82) is 0 Å². The molecule has 0 heterocycles. The first-order chi connectivity index (χ1) is 7.99. The van der Waals surface area contributed by atoms with Crippen LogP contribution in [0.5, 0.6) is 0 Å². The Morgan fingerprint density at radius 2 is 2.00 bits per heavy atom. The molecule has 0 radical (unpaired) electrons. The Morgan fingerprint density at radius 1 is 1.41 bits per heavy atom. The predicted octanol–water partition coefficient (Wildman–Crippen LogP) is -0.112. The van der Waals surface area contributed by atoms with E-state index in [4.69, 9.17) is 15.6 Å². The van der Waals surface area contributed by atoms with Crippen molar-refractivity contribution in [2.75, 3.05) is 13.2 Å². The van der Waals surface area contributed by atoms with Crippen molar-refractivity contribution in [2.45, 2.75) is 19.1 Å². The zero-order valence-electron chi connectivity index (χ0n) is 9.72. The smallest absolute Gasteiger partial charge is 0.310 e. The maximum Gasteiger partial charge on any atom is 0.310 e. The van der Waals surface area contributed by atoms with Gasteiger partial charge < -0.3 is 14.9 Å². The number of benzene rings is 1. The van der Waals surface area contributed by atoms with Crippen molar-refractivity contribution in [3.05, 3.63) is 35.4 Å². The molecule has 1 rings (SSSR count). The van der Waals surface area contributed by atoms with Crippen LogP contribution in [0.2, 0.25) is 0 Å². The van der Waals surface area contributed by atoms with Crippen LogP contribution in [0.25, 0.3) is 0 Å². The van der Waals surface area contributed by atoms with E-state index in [2.05, 4.69) is 0 Å². The van der Waals surface area contributed by atoms with Gasteiger partial charge in [0.25, 0.3) is 0 Å². The van der Waals surface area contributed by atoms with Gasteiger partial charge in [-0.3, -0.25) is 10.5 Å². The summed E-state index contributed by atoms with van der Waals surface area (Å²) >= 11 is 0. The van der Waals surface area contributed by atoms with E-state index in [0.29, 0.717) is 12.2 Å². The van der Waals surface area contributed by atoms with Crippen LogP contribution >= 0.6 is 0 Å². The normalized spacial score (nSPS) is 14.1. The number of aliphatic hydroxyl groups is 2. The highest BCUT2D eigenvalue weighted by Gasteiger charge is 2.22. The van der Waals surface area contributed by atoms with Gasteiger partial charge in [0.1, 0.15) is 0 Å². The Bertz CT molecular complexity index is 373. The van der Waals surface area contributed by atoms with Crippen LogP contribution in [0.3, 0.4) is 0 Å². The lowest BCUT2D eigenvalue weighted by Crippen LogP contribution is -2.40. The largest absolute Gasteiger partial charge is 0.466 e. The van der Waals surface area contributed by atoms with Crippen molar-refractivity contribution in [2.24, 2.45) is 5.73 Å². The Labute approximate surface area is 99.8 Å². The molecule has 1 aromatic carbocycles. The summed E-state index contributed by atoms with van der Waals surface area (Å²) in [6.45, 7) is 1.53. The highest BCUT2D eigenvalue weighted by Crippen LogP contribution is 2.15. The fourth-order valence-electron chi connectivity index (χ4n) is 1.38. The number of nitrogens with two attached hydrogens (primary N) is 1. The maximum atomic E-state index is 11.2. The van der Waals surface area contributed by atoms with Gasteiger partial charge in [0.2, 0.25) is 0 Å². The average molecular weight is 239 g/mol. The topological polar surface area (TPSA) is 92.8 Å². The Balaban J connectivity index is 2.72. The van der Waals surface area contributed by atoms with Gasteiger partial charge in [-0.05, 0) is 12.5 Å². The highest BCUT2D eigenvalue weighted by molar-refractivity contribution is 5.72. The van der Waals surface area contributed by atoms with Crippen LogP contribution in [0, 0.1) is 0 Å². The Kier molecular flexibility index (Phi) is 4.62. The predicted molar refractivity (Wildman–Crippen MR) is 61.9 cm³/mol. The minimum atomic E-state index is -1.75. The van der Waals surface area contributed by atoms with E-state index in [1.54, 1.807) is 31.2 Å². The van der Waals surface area contributed by atoms with E-state index in [9.17, 15) is 9.90 Å². The molecule has 5 nitrogen and oxygen atoms in total. The summed E-state index contributed by atoms with van der Waals surface area (Å²) in [6.07, 6.45) is 0.177. The molecule has 17 heavy (non-hydrogen) atoms. The lowest BCUT2D eigenvalue weighted by atomic mass is 10.0. The molecule has 0 aliphatic carbocycles. The van der Waals surface area contributed by atoms with Crippen LogP contribution in [0.4, 0.5) is 0 Å². The molecular formula is C12H17NO4.